The van der Waals surface area contributed by atoms with Crippen molar-refractivity contribution in [3.05, 3.63) is 29.8 Å². The molecule has 1 rings (SSSR count). The van der Waals surface area contributed by atoms with E-state index in [1.54, 1.807) is 7.11 Å². The van der Waals surface area contributed by atoms with Crippen molar-refractivity contribution in [1.82, 2.24) is 5.32 Å². The largest absolute Gasteiger partial charge is 0.497 e. The molecule has 0 saturated carbocycles. The summed E-state index contributed by atoms with van der Waals surface area (Å²) in [5.74, 6) is 0.859. The van der Waals surface area contributed by atoms with Gasteiger partial charge >= 0.3 is 0 Å². The van der Waals surface area contributed by atoms with Gasteiger partial charge in [-0.25, -0.2) is 0 Å². The molecule has 0 bridgehead atoms. The van der Waals surface area contributed by atoms with Gasteiger partial charge in [-0.05, 0) is 31.5 Å². The Labute approximate surface area is 91.1 Å². The Balaban J connectivity index is 2.68. The van der Waals surface area contributed by atoms with Crippen molar-refractivity contribution in [2.45, 2.75) is 25.9 Å². The van der Waals surface area contributed by atoms with Crippen LogP contribution in [0.4, 0.5) is 0 Å². The monoisotopic (exact) mass is 209 g/mol. The first kappa shape index (κ1) is 12.0. The van der Waals surface area contributed by atoms with E-state index in [9.17, 15) is 0 Å². The average Bonchev–Trinajstić information content (AvgIpc) is 2.28. The van der Waals surface area contributed by atoms with Crippen molar-refractivity contribution in [2.75, 3.05) is 13.7 Å². The first-order valence-electron chi connectivity index (χ1n) is 5.18. The third kappa shape index (κ3) is 3.53. The molecule has 15 heavy (non-hydrogen) atoms. The number of benzene rings is 1. The first-order chi connectivity index (χ1) is 7.17. The highest BCUT2D eigenvalue weighted by Gasteiger charge is 2.08. The predicted molar refractivity (Wildman–Crippen MR) is 61.1 cm³/mol. The number of hydrogen-bond acceptors (Lipinski definition) is 3. The Kier molecular flexibility index (Phi) is 4.59. The van der Waals surface area contributed by atoms with Crippen molar-refractivity contribution >= 4 is 0 Å². The lowest BCUT2D eigenvalue weighted by atomic mass is 10.1. The molecular formula is C12H19NO2. The number of methoxy groups -OCH3 is 1. The fraction of sp³-hybridized carbons (Fsp3) is 0.500. The van der Waals surface area contributed by atoms with E-state index in [1.807, 2.05) is 31.2 Å². The minimum atomic E-state index is 0.103. The number of ether oxygens (including phenoxy) is 1. The van der Waals surface area contributed by atoms with E-state index in [4.69, 9.17) is 9.84 Å². The Bertz CT molecular complexity index is 301. The summed E-state index contributed by atoms with van der Waals surface area (Å²) in [7, 11) is 1.66. The second-order valence-corrected chi connectivity index (χ2v) is 3.75. The number of hydrogen-bond donors (Lipinski definition) is 2. The summed E-state index contributed by atoms with van der Waals surface area (Å²) in [5, 5.41) is 12.2. The van der Waals surface area contributed by atoms with Crippen molar-refractivity contribution in [1.29, 1.82) is 0 Å². The van der Waals surface area contributed by atoms with Gasteiger partial charge in [0.15, 0.2) is 0 Å². The van der Waals surface area contributed by atoms with Crippen LogP contribution in [0.1, 0.15) is 25.5 Å². The van der Waals surface area contributed by atoms with Crippen LogP contribution in [-0.2, 0) is 0 Å². The highest BCUT2D eigenvalue weighted by Crippen LogP contribution is 2.18. The molecule has 3 heteroatoms. The minimum Gasteiger partial charge on any atom is -0.497 e. The van der Waals surface area contributed by atoms with Crippen LogP contribution in [0.25, 0.3) is 0 Å². The van der Waals surface area contributed by atoms with Crippen LogP contribution in [0, 0.1) is 0 Å². The molecule has 0 heterocycles. The van der Waals surface area contributed by atoms with Gasteiger partial charge in [-0.2, -0.15) is 0 Å². The average molecular weight is 209 g/mol. The third-order valence-electron chi connectivity index (χ3n) is 2.40. The van der Waals surface area contributed by atoms with Crippen LogP contribution < -0.4 is 10.1 Å². The zero-order chi connectivity index (χ0) is 11.3. The molecule has 3 nitrogen and oxygen atoms in total. The fourth-order valence-electron chi connectivity index (χ4n) is 1.49. The molecule has 0 aliphatic rings. The van der Waals surface area contributed by atoms with Crippen LogP contribution in [0.3, 0.4) is 0 Å². The molecule has 1 aromatic rings. The van der Waals surface area contributed by atoms with E-state index in [2.05, 4.69) is 12.2 Å². The van der Waals surface area contributed by atoms with Crippen LogP contribution in [-0.4, -0.2) is 24.9 Å². The second-order valence-electron chi connectivity index (χ2n) is 3.75. The summed E-state index contributed by atoms with van der Waals surface area (Å²) in [5.41, 5.74) is 1.16. The normalized spacial score (nSPS) is 14.7. The quantitative estimate of drug-likeness (QED) is 0.776. The van der Waals surface area contributed by atoms with Gasteiger partial charge in [0.05, 0.1) is 13.7 Å². The van der Waals surface area contributed by atoms with Gasteiger partial charge in [-0.1, -0.05) is 12.1 Å². The first-order valence-corrected chi connectivity index (χ1v) is 5.18. The smallest absolute Gasteiger partial charge is 0.119 e. The number of rotatable bonds is 5. The lowest BCUT2D eigenvalue weighted by Crippen LogP contribution is -2.31. The molecule has 1 unspecified atom stereocenters. The summed E-state index contributed by atoms with van der Waals surface area (Å²) in [6, 6.07) is 8.25. The van der Waals surface area contributed by atoms with Gasteiger partial charge in [0.2, 0.25) is 0 Å². The molecule has 0 spiro atoms. The van der Waals surface area contributed by atoms with Gasteiger partial charge < -0.3 is 15.2 Å². The maximum absolute atomic E-state index is 8.94. The summed E-state index contributed by atoms with van der Waals surface area (Å²) < 4.78 is 5.16. The van der Waals surface area contributed by atoms with E-state index in [0.717, 1.165) is 11.3 Å². The standard InChI is InChI=1S/C12H19NO2/c1-9(8-14)13-10(2)11-5-4-6-12(7-11)15-3/h4-7,9-10,13-14H,8H2,1-3H3/t9-,10?/m1/s1. The second kappa shape index (κ2) is 5.73. The summed E-state index contributed by atoms with van der Waals surface area (Å²) >= 11 is 0. The maximum Gasteiger partial charge on any atom is 0.119 e. The molecule has 0 aliphatic heterocycles. The zero-order valence-electron chi connectivity index (χ0n) is 9.53. The molecular weight excluding hydrogens is 190 g/mol. The van der Waals surface area contributed by atoms with Crippen LogP contribution in [0.5, 0.6) is 5.75 Å². The number of nitrogens with one attached hydrogen (secondary N) is 1. The summed E-state index contributed by atoms with van der Waals surface area (Å²) in [4.78, 5) is 0. The highest BCUT2D eigenvalue weighted by atomic mass is 16.5. The van der Waals surface area contributed by atoms with Crippen LogP contribution in [0.15, 0.2) is 24.3 Å². The van der Waals surface area contributed by atoms with Crippen LogP contribution in [0.2, 0.25) is 0 Å². The van der Waals surface area contributed by atoms with Gasteiger partial charge in [0, 0.05) is 12.1 Å². The SMILES string of the molecule is COc1cccc(C(C)N[C@H](C)CO)c1. The lowest BCUT2D eigenvalue weighted by Gasteiger charge is -2.19. The predicted octanol–water partition coefficient (Wildman–Crippen LogP) is 1.73. The Morgan fingerprint density at radius 1 is 1.40 bits per heavy atom. The van der Waals surface area contributed by atoms with E-state index in [0.29, 0.717) is 0 Å². The van der Waals surface area contributed by atoms with Crippen molar-refractivity contribution in [3.63, 3.8) is 0 Å². The number of aliphatic hydroxyl groups is 1. The fourth-order valence-corrected chi connectivity index (χ4v) is 1.49. The Morgan fingerprint density at radius 3 is 2.73 bits per heavy atom. The maximum atomic E-state index is 8.94. The molecule has 0 aromatic heterocycles. The lowest BCUT2D eigenvalue weighted by molar-refractivity contribution is 0.243. The van der Waals surface area contributed by atoms with Crippen molar-refractivity contribution in [3.8, 4) is 5.75 Å². The zero-order valence-corrected chi connectivity index (χ0v) is 9.53. The summed E-state index contributed by atoms with van der Waals surface area (Å²) in [6.07, 6.45) is 0. The molecule has 1 aromatic carbocycles. The van der Waals surface area contributed by atoms with E-state index in [1.165, 1.54) is 0 Å². The molecule has 0 amide bonds. The number of aliphatic hydroxyl groups excluding tert-OH is 1. The third-order valence-corrected chi connectivity index (χ3v) is 2.40. The summed E-state index contributed by atoms with van der Waals surface area (Å²) in [6.45, 7) is 4.17. The molecule has 0 fully saturated rings. The van der Waals surface area contributed by atoms with E-state index < -0.39 is 0 Å². The van der Waals surface area contributed by atoms with E-state index >= 15 is 0 Å². The molecule has 2 N–H and O–H groups in total. The van der Waals surface area contributed by atoms with Gasteiger partial charge in [-0.15, -0.1) is 0 Å². The van der Waals surface area contributed by atoms with Crippen LogP contribution >= 0.6 is 0 Å². The van der Waals surface area contributed by atoms with Gasteiger partial charge in [0.25, 0.3) is 0 Å². The Morgan fingerprint density at radius 2 is 2.13 bits per heavy atom. The molecule has 84 valence electrons. The van der Waals surface area contributed by atoms with Gasteiger partial charge in [-0.3, -0.25) is 0 Å². The molecule has 0 radical (unpaired) electrons. The topological polar surface area (TPSA) is 41.5 Å². The van der Waals surface area contributed by atoms with Gasteiger partial charge in [0.1, 0.15) is 5.75 Å². The minimum absolute atomic E-state index is 0.103. The highest BCUT2D eigenvalue weighted by molar-refractivity contribution is 5.30. The Hall–Kier alpha value is -1.06. The molecule has 0 saturated heterocycles. The van der Waals surface area contributed by atoms with Crippen molar-refractivity contribution in [2.24, 2.45) is 0 Å². The molecule has 0 aliphatic carbocycles. The van der Waals surface area contributed by atoms with Crippen molar-refractivity contribution < 1.29 is 9.84 Å². The van der Waals surface area contributed by atoms with E-state index in [-0.39, 0.29) is 18.7 Å². The molecule has 2 atom stereocenters.